The van der Waals surface area contributed by atoms with Crippen LogP contribution in [-0.4, -0.2) is 35.9 Å². The lowest BCUT2D eigenvalue weighted by atomic mass is 10.1. The van der Waals surface area contributed by atoms with E-state index in [0.717, 1.165) is 44.3 Å². The van der Waals surface area contributed by atoms with Crippen molar-refractivity contribution in [3.63, 3.8) is 0 Å². The Bertz CT molecular complexity index is 876. The summed E-state index contributed by atoms with van der Waals surface area (Å²) in [6.07, 6.45) is 3.62. The van der Waals surface area contributed by atoms with Crippen LogP contribution >= 0.6 is 11.6 Å². The molecule has 0 unspecified atom stereocenters. The van der Waals surface area contributed by atoms with Crippen molar-refractivity contribution >= 4 is 29.1 Å². The van der Waals surface area contributed by atoms with Crippen molar-refractivity contribution in [1.29, 1.82) is 0 Å². The van der Waals surface area contributed by atoms with Gasteiger partial charge in [0.05, 0.1) is 11.3 Å². The molecule has 3 rings (SSSR count). The van der Waals surface area contributed by atoms with Gasteiger partial charge in [-0.15, -0.1) is 0 Å². The van der Waals surface area contributed by atoms with Crippen LogP contribution in [0.2, 0.25) is 5.02 Å². The Morgan fingerprint density at radius 3 is 2.45 bits per heavy atom. The molecule has 6 heteroatoms. The highest BCUT2D eigenvalue weighted by Crippen LogP contribution is 2.23. The number of carbonyl (C=O) groups is 2. The van der Waals surface area contributed by atoms with Gasteiger partial charge in [0, 0.05) is 18.1 Å². The summed E-state index contributed by atoms with van der Waals surface area (Å²) < 4.78 is 5.75. The first-order chi connectivity index (χ1) is 14.0. The molecule has 1 fully saturated rings. The minimum Gasteiger partial charge on any atom is -0.481 e. The van der Waals surface area contributed by atoms with Crippen LogP contribution in [0.15, 0.2) is 42.5 Å². The minimum absolute atomic E-state index is 0.0373. The third-order valence-electron chi connectivity index (χ3n) is 5.12. The van der Waals surface area contributed by atoms with Gasteiger partial charge in [-0.1, -0.05) is 36.6 Å². The highest BCUT2D eigenvalue weighted by molar-refractivity contribution is 6.31. The van der Waals surface area contributed by atoms with E-state index in [1.165, 1.54) is 0 Å². The van der Waals surface area contributed by atoms with Crippen LogP contribution in [0.4, 0.5) is 5.69 Å². The molecule has 0 bridgehead atoms. The molecule has 2 aromatic rings. The third kappa shape index (κ3) is 5.51. The highest BCUT2D eigenvalue weighted by Gasteiger charge is 2.22. The fourth-order valence-electron chi connectivity index (χ4n) is 3.41. The van der Waals surface area contributed by atoms with E-state index >= 15 is 0 Å². The number of anilines is 1. The molecule has 1 aliphatic rings. The second-order valence-corrected chi connectivity index (χ2v) is 7.82. The van der Waals surface area contributed by atoms with Crippen molar-refractivity contribution in [3.05, 3.63) is 58.6 Å². The van der Waals surface area contributed by atoms with Crippen LogP contribution < -0.4 is 10.1 Å². The standard InChI is InChI=1S/C23H27ClN2O3/c1-16-15-18(11-12-20(16)24)29-17(2)22(27)25-21-10-6-5-9-19(21)23(28)26-13-7-3-4-8-14-26/h5-6,9-12,15,17H,3-4,7-8,13-14H2,1-2H3,(H,25,27)/t17-/m0/s1. The number of carbonyl (C=O) groups excluding carboxylic acids is 2. The maximum Gasteiger partial charge on any atom is 0.265 e. The number of aryl methyl sites for hydroxylation is 1. The zero-order chi connectivity index (χ0) is 20.8. The summed E-state index contributed by atoms with van der Waals surface area (Å²) in [6, 6.07) is 12.4. The molecule has 1 saturated heterocycles. The van der Waals surface area contributed by atoms with E-state index in [-0.39, 0.29) is 11.8 Å². The molecule has 1 heterocycles. The van der Waals surface area contributed by atoms with Gasteiger partial charge in [0.25, 0.3) is 11.8 Å². The number of hydrogen-bond acceptors (Lipinski definition) is 3. The van der Waals surface area contributed by atoms with E-state index in [2.05, 4.69) is 5.32 Å². The molecule has 1 aliphatic heterocycles. The number of rotatable bonds is 5. The van der Waals surface area contributed by atoms with Gasteiger partial charge in [-0.05, 0) is 62.6 Å². The summed E-state index contributed by atoms with van der Waals surface area (Å²) in [7, 11) is 0. The summed E-state index contributed by atoms with van der Waals surface area (Å²) in [5.74, 6) is 0.224. The Balaban J connectivity index is 1.69. The third-order valence-corrected chi connectivity index (χ3v) is 5.54. The second-order valence-electron chi connectivity index (χ2n) is 7.41. The summed E-state index contributed by atoms with van der Waals surface area (Å²) in [5, 5.41) is 3.50. The van der Waals surface area contributed by atoms with Crippen molar-refractivity contribution in [2.24, 2.45) is 0 Å². The molecule has 1 N–H and O–H groups in total. The van der Waals surface area contributed by atoms with Gasteiger partial charge in [-0.2, -0.15) is 0 Å². The first-order valence-corrected chi connectivity index (χ1v) is 10.5. The predicted octanol–water partition coefficient (Wildman–Crippen LogP) is 5.07. The normalized spacial score (nSPS) is 15.3. The monoisotopic (exact) mass is 414 g/mol. The number of nitrogens with one attached hydrogen (secondary N) is 1. The molecule has 29 heavy (non-hydrogen) atoms. The van der Waals surface area contributed by atoms with Crippen LogP contribution in [-0.2, 0) is 4.79 Å². The van der Waals surface area contributed by atoms with Crippen molar-refractivity contribution < 1.29 is 14.3 Å². The Morgan fingerprint density at radius 1 is 1.07 bits per heavy atom. The first-order valence-electron chi connectivity index (χ1n) is 10.1. The number of ether oxygens (including phenoxy) is 1. The maximum atomic E-state index is 13.0. The van der Waals surface area contributed by atoms with Gasteiger partial charge in [-0.25, -0.2) is 0 Å². The van der Waals surface area contributed by atoms with E-state index in [9.17, 15) is 9.59 Å². The molecule has 0 radical (unpaired) electrons. The molecule has 1 atom stereocenters. The highest BCUT2D eigenvalue weighted by atomic mass is 35.5. The molecule has 0 spiro atoms. The van der Waals surface area contributed by atoms with E-state index < -0.39 is 6.10 Å². The topological polar surface area (TPSA) is 58.6 Å². The van der Waals surface area contributed by atoms with Gasteiger partial charge < -0.3 is 15.0 Å². The van der Waals surface area contributed by atoms with Crippen LogP contribution in [0.25, 0.3) is 0 Å². The molecule has 0 aromatic heterocycles. The molecule has 2 aromatic carbocycles. The van der Waals surface area contributed by atoms with Gasteiger partial charge in [0.15, 0.2) is 6.10 Å². The SMILES string of the molecule is Cc1cc(O[C@@H](C)C(=O)Nc2ccccc2C(=O)N2CCCCCC2)ccc1Cl. The Hall–Kier alpha value is -2.53. The smallest absolute Gasteiger partial charge is 0.265 e. The van der Waals surface area contributed by atoms with Gasteiger partial charge in [-0.3, -0.25) is 9.59 Å². The molecular weight excluding hydrogens is 388 g/mol. The van der Waals surface area contributed by atoms with Crippen molar-refractivity contribution in [3.8, 4) is 5.75 Å². The number of hydrogen-bond donors (Lipinski definition) is 1. The number of benzene rings is 2. The fraction of sp³-hybridized carbons (Fsp3) is 0.391. The number of nitrogens with zero attached hydrogens (tertiary/aromatic N) is 1. The Labute approximate surface area is 177 Å². The van der Waals surface area contributed by atoms with Crippen molar-refractivity contribution in [2.75, 3.05) is 18.4 Å². The molecule has 5 nitrogen and oxygen atoms in total. The fourth-order valence-corrected chi connectivity index (χ4v) is 3.52. The van der Waals surface area contributed by atoms with Crippen LogP contribution in [0, 0.1) is 6.92 Å². The Morgan fingerprint density at radius 2 is 1.76 bits per heavy atom. The van der Waals surface area contributed by atoms with E-state index in [1.807, 2.05) is 24.0 Å². The second kappa shape index (κ2) is 9.79. The maximum absolute atomic E-state index is 13.0. The van der Waals surface area contributed by atoms with Gasteiger partial charge >= 0.3 is 0 Å². The lowest BCUT2D eigenvalue weighted by Gasteiger charge is -2.22. The van der Waals surface area contributed by atoms with Crippen LogP contribution in [0.1, 0.15) is 48.5 Å². The lowest BCUT2D eigenvalue weighted by molar-refractivity contribution is -0.122. The molecule has 2 amide bonds. The molecule has 0 saturated carbocycles. The van der Waals surface area contributed by atoms with E-state index in [0.29, 0.717) is 22.0 Å². The molecule has 0 aliphatic carbocycles. The van der Waals surface area contributed by atoms with Crippen molar-refractivity contribution in [2.45, 2.75) is 45.6 Å². The van der Waals surface area contributed by atoms with Crippen molar-refractivity contribution in [1.82, 2.24) is 4.90 Å². The van der Waals surface area contributed by atoms with Crippen LogP contribution in [0.3, 0.4) is 0 Å². The van der Waals surface area contributed by atoms with Crippen LogP contribution in [0.5, 0.6) is 5.75 Å². The zero-order valence-corrected chi connectivity index (χ0v) is 17.7. The number of halogens is 1. The number of likely N-dealkylation sites (tertiary alicyclic amines) is 1. The average molecular weight is 415 g/mol. The quantitative estimate of drug-likeness (QED) is 0.742. The summed E-state index contributed by atoms with van der Waals surface area (Å²) >= 11 is 6.04. The lowest BCUT2D eigenvalue weighted by Crippen LogP contribution is -2.34. The molecule has 154 valence electrons. The zero-order valence-electron chi connectivity index (χ0n) is 16.9. The summed E-state index contributed by atoms with van der Waals surface area (Å²) in [6.45, 7) is 5.08. The van der Waals surface area contributed by atoms with Gasteiger partial charge in [0.2, 0.25) is 0 Å². The number of amides is 2. The first kappa shape index (κ1) is 21.2. The summed E-state index contributed by atoms with van der Waals surface area (Å²) in [5.41, 5.74) is 1.90. The molecular formula is C23H27ClN2O3. The van der Waals surface area contributed by atoms with E-state index in [4.69, 9.17) is 16.3 Å². The Kier molecular flexibility index (Phi) is 7.15. The number of para-hydroxylation sites is 1. The van der Waals surface area contributed by atoms with Gasteiger partial charge in [0.1, 0.15) is 5.75 Å². The summed E-state index contributed by atoms with van der Waals surface area (Å²) in [4.78, 5) is 27.6. The predicted molar refractivity (Wildman–Crippen MR) is 116 cm³/mol. The average Bonchev–Trinajstić information content (AvgIpc) is 3.00. The largest absolute Gasteiger partial charge is 0.481 e. The van der Waals surface area contributed by atoms with E-state index in [1.54, 1.807) is 37.3 Å². The minimum atomic E-state index is -0.725.